The Morgan fingerprint density at radius 2 is 2.11 bits per heavy atom. The van der Waals surface area contributed by atoms with Crippen LogP contribution in [0.5, 0.6) is 0 Å². The third-order valence-electron chi connectivity index (χ3n) is 3.85. The Hall–Kier alpha value is -0.930. The van der Waals surface area contributed by atoms with Crippen LogP contribution in [0.1, 0.15) is 31.7 Å². The molecule has 1 saturated carbocycles. The summed E-state index contributed by atoms with van der Waals surface area (Å²) in [5.41, 5.74) is 1.37. The molecule has 0 radical (unpaired) electrons. The van der Waals surface area contributed by atoms with E-state index in [1.165, 1.54) is 24.8 Å². The van der Waals surface area contributed by atoms with Crippen LogP contribution in [-0.2, 0) is 11.2 Å². The number of rotatable bonds is 7. The molecule has 1 aromatic heterocycles. The Labute approximate surface area is 110 Å². The largest absolute Gasteiger partial charge is 0.378 e. The summed E-state index contributed by atoms with van der Waals surface area (Å²) in [6.07, 6.45) is 9.09. The normalized spacial score (nSPS) is 24.6. The zero-order chi connectivity index (χ0) is 12.8. The molecule has 1 unspecified atom stereocenters. The van der Waals surface area contributed by atoms with E-state index in [-0.39, 0.29) is 0 Å². The van der Waals surface area contributed by atoms with E-state index in [1.54, 1.807) is 0 Å². The van der Waals surface area contributed by atoms with Gasteiger partial charge < -0.3 is 10.1 Å². The smallest absolute Gasteiger partial charge is 0.0580 e. The van der Waals surface area contributed by atoms with Crippen molar-refractivity contribution in [1.82, 2.24) is 10.3 Å². The van der Waals surface area contributed by atoms with Gasteiger partial charge in [-0.3, -0.25) is 4.98 Å². The van der Waals surface area contributed by atoms with Gasteiger partial charge in [0.1, 0.15) is 0 Å². The lowest BCUT2D eigenvalue weighted by molar-refractivity contribution is -0.0288. The number of aromatic nitrogens is 1. The predicted molar refractivity (Wildman–Crippen MR) is 73.5 cm³/mol. The molecule has 3 nitrogen and oxygen atoms in total. The third-order valence-corrected chi connectivity index (χ3v) is 3.85. The standard InChI is InChI=1S/C15H24N2O/c1-3-18-15-10-13(11-15)9-14(16-2)8-12-4-6-17-7-5-12/h4-7,13-16H,3,8-11H2,1-2H3. The van der Waals surface area contributed by atoms with Crippen LogP contribution < -0.4 is 5.32 Å². The topological polar surface area (TPSA) is 34.1 Å². The number of likely N-dealkylation sites (N-methyl/N-ethyl adjacent to an activating group) is 1. The number of pyridine rings is 1. The Morgan fingerprint density at radius 1 is 1.39 bits per heavy atom. The second-order valence-corrected chi connectivity index (χ2v) is 5.20. The van der Waals surface area contributed by atoms with Gasteiger partial charge in [-0.05, 0) is 63.3 Å². The minimum atomic E-state index is 0.526. The molecular weight excluding hydrogens is 224 g/mol. The lowest BCUT2D eigenvalue weighted by Gasteiger charge is -2.37. The highest BCUT2D eigenvalue weighted by atomic mass is 16.5. The first-order chi connectivity index (χ1) is 8.81. The predicted octanol–water partition coefficient (Wildman–Crippen LogP) is 2.42. The van der Waals surface area contributed by atoms with E-state index in [9.17, 15) is 0 Å². The van der Waals surface area contributed by atoms with E-state index >= 15 is 0 Å². The van der Waals surface area contributed by atoms with Gasteiger partial charge in [0.25, 0.3) is 0 Å². The molecule has 3 heteroatoms. The average Bonchev–Trinajstić information content (AvgIpc) is 2.36. The Balaban J connectivity index is 1.74. The fraction of sp³-hybridized carbons (Fsp3) is 0.667. The monoisotopic (exact) mass is 248 g/mol. The summed E-state index contributed by atoms with van der Waals surface area (Å²) >= 11 is 0. The van der Waals surface area contributed by atoms with Crippen molar-refractivity contribution in [2.75, 3.05) is 13.7 Å². The average molecular weight is 248 g/mol. The molecule has 0 amide bonds. The van der Waals surface area contributed by atoms with Crippen molar-refractivity contribution in [2.45, 2.75) is 44.8 Å². The SMILES string of the molecule is CCOC1CC(CC(Cc2ccncc2)NC)C1. The molecule has 100 valence electrons. The molecular formula is C15H24N2O. The molecule has 0 aliphatic heterocycles. The van der Waals surface area contributed by atoms with Crippen molar-refractivity contribution in [3.8, 4) is 0 Å². The number of hydrogen-bond donors (Lipinski definition) is 1. The van der Waals surface area contributed by atoms with Crippen LogP contribution in [0.25, 0.3) is 0 Å². The lowest BCUT2D eigenvalue weighted by Crippen LogP contribution is -2.38. The van der Waals surface area contributed by atoms with Gasteiger partial charge in [0.15, 0.2) is 0 Å². The first-order valence-electron chi connectivity index (χ1n) is 6.99. The molecule has 1 fully saturated rings. The molecule has 0 aromatic carbocycles. The van der Waals surface area contributed by atoms with Crippen molar-refractivity contribution in [2.24, 2.45) is 5.92 Å². The molecule has 1 atom stereocenters. The van der Waals surface area contributed by atoms with Crippen LogP contribution in [0, 0.1) is 5.92 Å². The highest BCUT2D eigenvalue weighted by molar-refractivity contribution is 5.11. The van der Waals surface area contributed by atoms with Gasteiger partial charge in [0, 0.05) is 25.0 Å². The van der Waals surface area contributed by atoms with Gasteiger partial charge in [-0.15, -0.1) is 0 Å². The van der Waals surface area contributed by atoms with Crippen LogP contribution in [0.3, 0.4) is 0 Å². The van der Waals surface area contributed by atoms with Crippen LogP contribution in [0.2, 0.25) is 0 Å². The summed E-state index contributed by atoms with van der Waals surface area (Å²) in [6, 6.07) is 4.78. The van der Waals surface area contributed by atoms with Crippen molar-refractivity contribution >= 4 is 0 Å². The summed E-state index contributed by atoms with van der Waals surface area (Å²) in [5, 5.41) is 3.44. The maximum absolute atomic E-state index is 5.61. The molecule has 0 saturated heterocycles. The first kappa shape index (κ1) is 13.5. The van der Waals surface area contributed by atoms with Gasteiger partial charge in [-0.25, -0.2) is 0 Å². The zero-order valence-electron chi connectivity index (χ0n) is 11.4. The van der Waals surface area contributed by atoms with Gasteiger partial charge in [-0.2, -0.15) is 0 Å². The molecule has 1 heterocycles. The minimum Gasteiger partial charge on any atom is -0.378 e. The molecule has 1 aliphatic rings. The van der Waals surface area contributed by atoms with Gasteiger partial charge in [-0.1, -0.05) is 0 Å². The second kappa shape index (κ2) is 6.86. The van der Waals surface area contributed by atoms with Crippen molar-refractivity contribution < 1.29 is 4.74 Å². The summed E-state index contributed by atoms with van der Waals surface area (Å²) in [5.74, 6) is 0.834. The van der Waals surface area contributed by atoms with Gasteiger partial charge >= 0.3 is 0 Å². The minimum absolute atomic E-state index is 0.526. The zero-order valence-corrected chi connectivity index (χ0v) is 11.4. The van der Waals surface area contributed by atoms with Crippen LogP contribution in [0.15, 0.2) is 24.5 Å². The highest BCUT2D eigenvalue weighted by Gasteiger charge is 2.30. The molecule has 0 bridgehead atoms. The highest BCUT2D eigenvalue weighted by Crippen LogP contribution is 2.33. The maximum Gasteiger partial charge on any atom is 0.0580 e. The fourth-order valence-electron chi connectivity index (χ4n) is 2.75. The van der Waals surface area contributed by atoms with Crippen molar-refractivity contribution in [3.63, 3.8) is 0 Å². The van der Waals surface area contributed by atoms with Gasteiger partial charge in [0.05, 0.1) is 6.10 Å². The molecule has 18 heavy (non-hydrogen) atoms. The summed E-state index contributed by atoms with van der Waals surface area (Å²) in [4.78, 5) is 4.06. The molecule has 1 aromatic rings. The fourth-order valence-corrected chi connectivity index (χ4v) is 2.75. The number of hydrogen-bond acceptors (Lipinski definition) is 3. The molecule has 1 aliphatic carbocycles. The second-order valence-electron chi connectivity index (χ2n) is 5.20. The van der Waals surface area contributed by atoms with E-state index in [4.69, 9.17) is 4.74 Å². The van der Waals surface area contributed by atoms with E-state index in [2.05, 4.69) is 36.4 Å². The first-order valence-corrected chi connectivity index (χ1v) is 6.99. The molecule has 1 N–H and O–H groups in total. The van der Waals surface area contributed by atoms with Crippen molar-refractivity contribution in [1.29, 1.82) is 0 Å². The van der Waals surface area contributed by atoms with Crippen LogP contribution in [0.4, 0.5) is 0 Å². The maximum atomic E-state index is 5.61. The Morgan fingerprint density at radius 3 is 2.72 bits per heavy atom. The lowest BCUT2D eigenvalue weighted by atomic mass is 9.77. The quantitative estimate of drug-likeness (QED) is 0.804. The van der Waals surface area contributed by atoms with Crippen molar-refractivity contribution in [3.05, 3.63) is 30.1 Å². The third kappa shape index (κ3) is 3.79. The Bertz CT molecular complexity index is 336. The number of nitrogens with zero attached hydrogens (tertiary/aromatic N) is 1. The number of ether oxygens (including phenoxy) is 1. The molecule has 0 spiro atoms. The Kier molecular flexibility index (Phi) is 5.14. The van der Waals surface area contributed by atoms with Crippen LogP contribution in [-0.4, -0.2) is 30.8 Å². The number of nitrogens with one attached hydrogen (secondary N) is 1. The van der Waals surface area contributed by atoms with Gasteiger partial charge in [0.2, 0.25) is 0 Å². The summed E-state index contributed by atoms with van der Waals surface area (Å²) < 4.78 is 5.61. The van der Waals surface area contributed by atoms with E-state index < -0.39 is 0 Å². The van der Waals surface area contributed by atoms with E-state index in [0.29, 0.717) is 12.1 Å². The van der Waals surface area contributed by atoms with Crippen LogP contribution >= 0.6 is 0 Å². The van der Waals surface area contributed by atoms with E-state index in [1.807, 2.05) is 12.4 Å². The molecule has 2 rings (SSSR count). The summed E-state index contributed by atoms with van der Waals surface area (Å²) in [7, 11) is 2.06. The van der Waals surface area contributed by atoms with E-state index in [0.717, 1.165) is 18.9 Å². The summed E-state index contributed by atoms with van der Waals surface area (Å²) in [6.45, 7) is 2.93.